The molecule has 20 heavy (non-hydrogen) atoms. The second-order valence-electron chi connectivity index (χ2n) is 4.78. The van der Waals surface area contributed by atoms with E-state index in [9.17, 15) is 9.59 Å². The highest BCUT2D eigenvalue weighted by atomic mass is 32.1. The van der Waals surface area contributed by atoms with Gasteiger partial charge in [0.05, 0.1) is 26.0 Å². The Morgan fingerprint density at radius 3 is 2.90 bits per heavy atom. The number of aromatic nitrogens is 2. The second kappa shape index (κ2) is 6.27. The van der Waals surface area contributed by atoms with Gasteiger partial charge in [0.25, 0.3) is 5.91 Å². The van der Waals surface area contributed by atoms with Crippen LogP contribution in [-0.4, -0.2) is 59.3 Å². The summed E-state index contributed by atoms with van der Waals surface area (Å²) < 4.78 is 13.8. The SMILES string of the molecule is COC(=O)C1CN(C(=O)c2snnc2C(C)C)CCO1. The third kappa shape index (κ3) is 2.96. The maximum absolute atomic E-state index is 12.5. The van der Waals surface area contributed by atoms with Crippen molar-refractivity contribution >= 4 is 23.4 Å². The van der Waals surface area contributed by atoms with Crippen LogP contribution in [0.5, 0.6) is 0 Å². The molecular weight excluding hydrogens is 282 g/mol. The van der Waals surface area contributed by atoms with Gasteiger partial charge in [0.2, 0.25) is 0 Å². The molecule has 0 radical (unpaired) electrons. The maximum atomic E-state index is 12.5. The summed E-state index contributed by atoms with van der Waals surface area (Å²) >= 11 is 1.09. The molecular formula is C12H17N3O4S. The van der Waals surface area contributed by atoms with Crippen molar-refractivity contribution in [3.8, 4) is 0 Å². The number of hydrogen-bond donors (Lipinski definition) is 0. The number of hydrogen-bond acceptors (Lipinski definition) is 7. The standard InChI is InChI=1S/C12H17N3O4S/c1-7(2)9-10(20-14-13-9)11(16)15-4-5-19-8(6-15)12(17)18-3/h7-8H,4-6H2,1-3H3. The molecule has 0 saturated carbocycles. The highest BCUT2D eigenvalue weighted by molar-refractivity contribution is 7.08. The summed E-state index contributed by atoms with van der Waals surface area (Å²) in [5.41, 5.74) is 0.695. The van der Waals surface area contributed by atoms with Crippen molar-refractivity contribution in [2.24, 2.45) is 0 Å². The Kier molecular flexibility index (Phi) is 4.66. The summed E-state index contributed by atoms with van der Waals surface area (Å²) in [6.45, 7) is 4.88. The van der Waals surface area contributed by atoms with Crippen LogP contribution in [0.2, 0.25) is 0 Å². The number of ether oxygens (including phenoxy) is 2. The lowest BCUT2D eigenvalue weighted by Crippen LogP contribution is -2.48. The number of carbonyl (C=O) groups is 2. The summed E-state index contributed by atoms with van der Waals surface area (Å²) in [4.78, 5) is 26.1. The average molecular weight is 299 g/mol. The molecule has 0 aromatic carbocycles. The molecule has 0 spiro atoms. The summed E-state index contributed by atoms with van der Waals surface area (Å²) in [5.74, 6) is -0.486. The Morgan fingerprint density at radius 1 is 1.50 bits per heavy atom. The smallest absolute Gasteiger partial charge is 0.336 e. The Morgan fingerprint density at radius 2 is 2.25 bits per heavy atom. The predicted molar refractivity (Wildman–Crippen MR) is 71.7 cm³/mol. The molecule has 2 rings (SSSR count). The number of amides is 1. The molecule has 1 amide bonds. The van der Waals surface area contributed by atoms with Gasteiger partial charge in [-0.2, -0.15) is 0 Å². The van der Waals surface area contributed by atoms with Crippen molar-refractivity contribution in [1.82, 2.24) is 14.5 Å². The van der Waals surface area contributed by atoms with Gasteiger partial charge >= 0.3 is 5.97 Å². The van der Waals surface area contributed by atoms with E-state index in [2.05, 4.69) is 14.3 Å². The first kappa shape index (κ1) is 14.9. The van der Waals surface area contributed by atoms with Gasteiger partial charge in [-0.3, -0.25) is 4.79 Å². The number of rotatable bonds is 3. The van der Waals surface area contributed by atoms with Crippen LogP contribution in [0, 0.1) is 0 Å². The van der Waals surface area contributed by atoms with E-state index in [-0.39, 0.29) is 18.4 Å². The molecule has 0 bridgehead atoms. The highest BCUT2D eigenvalue weighted by Gasteiger charge is 2.32. The molecule has 1 unspecified atom stereocenters. The fourth-order valence-electron chi connectivity index (χ4n) is 1.98. The maximum Gasteiger partial charge on any atom is 0.336 e. The zero-order valence-electron chi connectivity index (χ0n) is 11.7. The number of morpholine rings is 1. The van der Waals surface area contributed by atoms with E-state index in [1.165, 1.54) is 7.11 Å². The van der Waals surface area contributed by atoms with Crippen LogP contribution in [-0.2, 0) is 14.3 Å². The first-order valence-electron chi connectivity index (χ1n) is 6.35. The van der Waals surface area contributed by atoms with E-state index in [0.717, 1.165) is 11.5 Å². The van der Waals surface area contributed by atoms with E-state index >= 15 is 0 Å². The van der Waals surface area contributed by atoms with E-state index in [4.69, 9.17) is 4.74 Å². The predicted octanol–water partition coefficient (Wildman–Crippen LogP) is 0.675. The van der Waals surface area contributed by atoms with Crippen LogP contribution in [0.25, 0.3) is 0 Å². The van der Waals surface area contributed by atoms with Gasteiger partial charge in [-0.1, -0.05) is 18.3 Å². The van der Waals surface area contributed by atoms with E-state index in [1.54, 1.807) is 4.90 Å². The first-order chi connectivity index (χ1) is 9.54. The monoisotopic (exact) mass is 299 g/mol. The molecule has 0 N–H and O–H groups in total. The minimum Gasteiger partial charge on any atom is -0.467 e. The van der Waals surface area contributed by atoms with Crippen LogP contribution in [0.1, 0.15) is 35.1 Å². The number of esters is 1. The molecule has 8 heteroatoms. The molecule has 1 saturated heterocycles. The molecule has 2 heterocycles. The summed E-state index contributed by atoms with van der Waals surface area (Å²) in [7, 11) is 1.30. The molecule has 1 atom stereocenters. The lowest BCUT2D eigenvalue weighted by Gasteiger charge is -2.31. The lowest BCUT2D eigenvalue weighted by atomic mass is 10.1. The summed E-state index contributed by atoms with van der Waals surface area (Å²) in [6, 6.07) is 0. The van der Waals surface area contributed by atoms with Crippen molar-refractivity contribution < 1.29 is 19.1 Å². The molecule has 1 fully saturated rings. The topological polar surface area (TPSA) is 81.6 Å². The molecule has 1 aromatic rings. The molecule has 1 aromatic heterocycles. The third-order valence-electron chi connectivity index (χ3n) is 3.07. The summed E-state index contributed by atoms with van der Waals surface area (Å²) in [6.07, 6.45) is -0.721. The minimum absolute atomic E-state index is 0.130. The van der Waals surface area contributed by atoms with Gasteiger partial charge in [0.15, 0.2) is 6.10 Å². The average Bonchev–Trinajstić information content (AvgIpc) is 2.95. The first-order valence-corrected chi connectivity index (χ1v) is 7.13. The summed E-state index contributed by atoms with van der Waals surface area (Å²) in [5, 5.41) is 4.00. The van der Waals surface area contributed by atoms with Gasteiger partial charge < -0.3 is 14.4 Å². The number of methoxy groups -OCH3 is 1. The normalized spacial score (nSPS) is 19.2. The number of nitrogens with zero attached hydrogens (tertiary/aromatic N) is 3. The molecule has 1 aliphatic rings. The highest BCUT2D eigenvalue weighted by Crippen LogP contribution is 2.22. The van der Waals surface area contributed by atoms with Crippen LogP contribution in [0.3, 0.4) is 0 Å². The second-order valence-corrected chi connectivity index (χ2v) is 5.53. The van der Waals surface area contributed by atoms with E-state index in [1.807, 2.05) is 13.8 Å². The van der Waals surface area contributed by atoms with Crippen molar-refractivity contribution in [1.29, 1.82) is 0 Å². The van der Waals surface area contributed by atoms with Crippen LogP contribution < -0.4 is 0 Å². The zero-order chi connectivity index (χ0) is 14.7. The van der Waals surface area contributed by atoms with Gasteiger partial charge in [-0.15, -0.1) is 5.10 Å². The van der Waals surface area contributed by atoms with Crippen molar-refractivity contribution in [2.45, 2.75) is 25.9 Å². The van der Waals surface area contributed by atoms with Gasteiger partial charge in [-0.05, 0) is 17.5 Å². The number of carbonyl (C=O) groups excluding carboxylic acids is 2. The van der Waals surface area contributed by atoms with Crippen LogP contribution in [0.15, 0.2) is 0 Å². The van der Waals surface area contributed by atoms with Crippen molar-refractivity contribution in [3.05, 3.63) is 10.6 Å². The fourth-order valence-corrected chi connectivity index (χ4v) is 2.76. The van der Waals surface area contributed by atoms with Gasteiger partial charge in [0, 0.05) is 6.54 Å². The molecule has 7 nitrogen and oxygen atoms in total. The molecule has 0 aliphatic carbocycles. The van der Waals surface area contributed by atoms with Gasteiger partial charge in [0.1, 0.15) is 4.88 Å². The Balaban J connectivity index is 2.12. The Bertz CT molecular complexity index is 503. The Labute approximate surface area is 121 Å². The zero-order valence-corrected chi connectivity index (χ0v) is 12.5. The Hall–Kier alpha value is -1.54. The van der Waals surface area contributed by atoms with Gasteiger partial charge in [-0.25, -0.2) is 4.79 Å². The fraction of sp³-hybridized carbons (Fsp3) is 0.667. The van der Waals surface area contributed by atoms with Crippen molar-refractivity contribution in [2.75, 3.05) is 26.8 Å². The molecule has 1 aliphatic heterocycles. The minimum atomic E-state index is -0.721. The largest absolute Gasteiger partial charge is 0.467 e. The molecule has 110 valence electrons. The van der Waals surface area contributed by atoms with E-state index < -0.39 is 12.1 Å². The quantitative estimate of drug-likeness (QED) is 0.763. The van der Waals surface area contributed by atoms with E-state index in [0.29, 0.717) is 23.7 Å². The lowest BCUT2D eigenvalue weighted by molar-refractivity contribution is -0.158. The van der Waals surface area contributed by atoms with Crippen LogP contribution in [0.4, 0.5) is 0 Å². The third-order valence-corrected chi connectivity index (χ3v) is 3.80. The van der Waals surface area contributed by atoms with Crippen molar-refractivity contribution in [3.63, 3.8) is 0 Å². The van der Waals surface area contributed by atoms with Crippen LogP contribution >= 0.6 is 11.5 Å².